The number of carbonyl (C=O) groups is 1. The lowest BCUT2D eigenvalue weighted by Crippen LogP contribution is -2.51. The highest BCUT2D eigenvalue weighted by atomic mass is 16.6. The van der Waals surface area contributed by atoms with Crippen LogP contribution in [-0.4, -0.2) is 37.9 Å². The first-order chi connectivity index (χ1) is 16.9. The molecule has 0 saturated heterocycles. The third-order valence-electron chi connectivity index (χ3n) is 6.12. The van der Waals surface area contributed by atoms with Gasteiger partial charge < -0.3 is 24.3 Å². The molecule has 0 aliphatic carbocycles. The minimum absolute atomic E-state index is 0.433. The number of ether oxygens (including phenoxy) is 4. The average Bonchev–Trinajstić information content (AvgIpc) is 2.86. The number of benzene rings is 3. The molecular weight excluding hydrogens is 442 g/mol. The third-order valence-corrected chi connectivity index (χ3v) is 6.12. The molecule has 4 rings (SSSR count). The van der Waals surface area contributed by atoms with Crippen LogP contribution in [0.15, 0.2) is 72.8 Å². The lowest BCUT2D eigenvalue weighted by Gasteiger charge is -2.43. The van der Waals surface area contributed by atoms with E-state index >= 15 is 0 Å². The van der Waals surface area contributed by atoms with Gasteiger partial charge in [-0.3, -0.25) is 0 Å². The zero-order valence-electron chi connectivity index (χ0n) is 20.7. The molecule has 3 aromatic carbocycles. The number of nitrogens with one attached hydrogen (secondary N) is 1. The van der Waals surface area contributed by atoms with E-state index in [1.807, 2.05) is 57.2 Å². The van der Waals surface area contributed by atoms with Crippen LogP contribution in [-0.2, 0) is 15.9 Å². The lowest BCUT2D eigenvalue weighted by molar-refractivity contribution is -0.139. The van der Waals surface area contributed by atoms with Crippen molar-refractivity contribution in [1.29, 1.82) is 0 Å². The predicted octanol–water partition coefficient (Wildman–Crippen LogP) is 5.82. The summed E-state index contributed by atoms with van der Waals surface area (Å²) in [6, 6.07) is 23.0. The quantitative estimate of drug-likeness (QED) is 0.393. The molecule has 0 fully saturated rings. The zero-order valence-corrected chi connectivity index (χ0v) is 20.7. The monoisotopic (exact) mass is 475 g/mol. The summed E-state index contributed by atoms with van der Waals surface area (Å²) in [5, 5.41) is 3.34. The number of methoxy groups -OCH3 is 1. The maximum absolute atomic E-state index is 13.1. The second-order valence-electron chi connectivity index (χ2n) is 9.07. The van der Waals surface area contributed by atoms with E-state index < -0.39 is 23.8 Å². The maximum Gasteiger partial charge on any atom is 0.338 e. The Kier molecular flexibility index (Phi) is 7.61. The summed E-state index contributed by atoms with van der Waals surface area (Å²) in [6.45, 7) is 7.17. The molecule has 1 heterocycles. The summed E-state index contributed by atoms with van der Waals surface area (Å²) < 4.78 is 24.1. The second kappa shape index (κ2) is 10.8. The number of fused-ring (bicyclic) bond motifs is 1. The van der Waals surface area contributed by atoms with Gasteiger partial charge in [-0.2, -0.15) is 0 Å². The number of hydrogen-bond acceptors (Lipinski definition) is 6. The zero-order chi connectivity index (χ0) is 24.8. The summed E-state index contributed by atoms with van der Waals surface area (Å²) >= 11 is 0. The first kappa shape index (κ1) is 24.6. The van der Waals surface area contributed by atoms with Crippen molar-refractivity contribution < 1.29 is 23.7 Å². The minimum atomic E-state index is -0.799. The number of carbonyl (C=O) groups excluding carboxylic acids is 1. The smallest absolute Gasteiger partial charge is 0.338 e. The molecule has 6 nitrogen and oxygen atoms in total. The standard InChI is InChI=1S/C29H33NO5/c1-5-30-22-13-16-25-24(19-22)26(33-18-17-20-9-7-6-8-10-20)27(29(2,3)35-25)34-28(31)21-11-14-23(32-4)15-12-21/h6-16,19,26-27,30H,5,17-18H2,1-4H3. The van der Waals surface area contributed by atoms with Gasteiger partial charge in [0.05, 0.1) is 19.3 Å². The van der Waals surface area contributed by atoms with Crippen molar-refractivity contribution in [2.75, 3.05) is 25.6 Å². The van der Waals surface area contributed by atoms with Gasteiger partial charge in [0, 0.05) is 17.8 Å². The third kappa shape index (κ3) is 5.77. The fraction of sp³-hybridized carbons (Fsp3) is 0.345. The van der Waals surface area contributed by atoms with Crippen LogP contribution in [0.3, 0.4) is 0 Å². The molecule has 0 spiro atoms. The van der Waals surface area contributed by atoms with E-state index in [-0.39, 0.29) is 0 Å². The van der Waals surface area contributed by atoms with E-state index in [1.54, 1.807) is 31.4 Å². The molecule has 6 heteroatoms. The molecule has 1 aliphatic rings. The Bertz CT molecular complexity index is 1130. The van der Waals surface area contributed by atoms with E-state index in [0.29, 0.717) is 17.9 Å². The summed E-state index contributed by atoms with van der Waals surface area (Å²) in [6.07, 6.45) is -0.393. The Morgan fingerprint density at radius 1 is 1.03 bits per heavy atom. The van der Waals surface area contributed by atoms with E-state index in [4.69, 9.17) is 18.9 Å². The van der Waals surface area contributed by atoms with Crippen molar-refractivity contribution in [3.8, 4) is 11.5 Å². The van der Waals surface area contributed by atoms with Crippen molar-refractivity contribution in [3.05, 3.63) is 89.5 Å². The van der Waals surface area contributed by atoms with Crippen LogP contribution in [0.25, 0.3) is 0 Å². The molecule has 35 heavy (non-hydrogen) atoms. The molecule has 184 valence electrons. The molecule has 0 aromatic heterocycles. The van der Waals surface area contributed by atoms with Gasteiger partial charge >= 0.3 is 5.97 Å². The van der Waals surface area contributed by atoms with Crippen LogP contribution in [0.1, 0.15) is 48.4 Å². The van der Waals surface area contributed by atoms with Crippen LogP contribution in [0, 0.1) is 0 Å². The van der Waals surface area contributed by atoms with Gasteiger partial charge in [-0.05, 0) is 75.2 Å². The van der Waals surface area contributed by atoms with Gasteiger partial charge in [0.15, 0.2) is 6.10 Å². The molecule has 1 aliphatic heterocycles. The fourth-order valence-corrected chi connectivity index (χ4v) is 4.29. The Labute approximate surface area is 207 Å². The number of anilines is 1. The molecule has 0 amide bonds. The molecule has 0 saturated carbocycles. The normalized spacial score (nSPS) is 18.2. The molecular formula is C29H33NO5. The van der Waals surface area contributed by atoms with Crippen molar-refractivity contribution in [2.45, 2.75) is 45.0 Å². The highest BCUT2D eigenvalue weighted by Gasteiger charge is 2.47. The van der Waals surface area contributed by atoms with Crippen LogP contribution in [0.5, 0.6) is 11.5 Å². The Balaban J connectivity index is 1.62. The van der Waals surface area contributed by atoms with Gasteiger partial charge in [-0.15, -0.1) is 0 Å². The molecule has 3 aromatic rings. The van der Waals surface area contributed by atoms with Crippen LogP contribution < -0.4 is 14.8 Å². The molecule has 2 atom stereocenters. The van der Waals surface area contributed by atoms with Crippen molar-refractivity contribution in [1.82, 2.24) is 0 Å². The minimum Gasteiger partial charge on any atom is -0.497 e. The fourth-order valence-electron chi connectivity index (χ4n) is 4.29. The Morgan fingerprint density at radius 2 is 1.77 bits per heavy atom. The van der Waals surface area contributed by atoms with Crippen molar-refractivity contribution in [3.63, 3.8) is 0 Å². The van der Waals surface area contributed by atoms with Crippen LogP contribution >= 0.6 is 0 Å². The SMILES string of the molecule is CCNc1ccc2c(c1)C(OCCc1ccccc1)C(OC(=O)c1ccc(OC)cc1)C(C)(C)O2. The molecule has 2 unspecified atom stereocenters. The topological polar surface area (TPSA) is 66.0 Å². The van der Waals surface area contributed by atoms with E-state index in [1.165, 1.54) is 5.56 Å². The summed E-state index contributed by atoms with van der Waals surface area (Å²) in [7, 11) is 1.59. The first-order valence-corrected chi connectivity index (χ1v) is 12.0. The largest absolute Gasteiger partial charge is 0.497 e. The van der Waals surface area contributed by atoms with Crippen LogP contribution in [0.2, 0.25) is 0 Å². The van der Waals surface area contributed by atoms with Gasteiger partial charge in [-0.25, -0.2) is 4.79 Å². The predicted molar refractivity (Wildman–Crippen MR) is 136 cm³/mol. The highest BCUT2D eigenvalue weighted by molar-refractivity contribution is 5.89. The summed E-state index contributed by atoms with van der Waals surface area (Å²) in [4.78, 5) is 13.1. The van der Waals surface area contributed by atoms with E-state index in [9.17, 15) is 4.79 Å². The molecule has 1 N–H and O–H groups in total. The number of hydrogen-bond donors (Lipinski definition) is 1. The summed E-state index contributed by atoms with van der Waals surface area (Å²) in [5.41, 5.74) is 2.66. The Morgan fingerprint density at radius 3 is 2.46 bits per heavy atom. The Hall–Kier alpha value is -3.51. The highest BCUT2D eigenvalue weighted by Crippen LogP contribution is 2.44. The summed E-state index contributed by atoms with van der Waals surface area (Å²) in [5.74, 6) is 0.977. The van der Waals surface area contributed by atoms with Crippen molar-refractivity contribution >= 4 is 11.7 Å². The van der Waals surface area contributed by atoms with Gasteiger partial charge in [0.25, 0.3) is 0 Å². The van der Waals surface area contributed by atoms with Crippen molar-refractivity contribution in [2.24, 2.45) is 0 Å². The average molecular weight is 476 g/mol. The molecule has 0 radical (unpaired) electrons. The van der Waals surface area contributed by atoms with Crippen LogP contribution in [0.4, 0.5) is 5.69 Å². The van der Waals surface area contributed by atoms with E-state index in [0.717, 1.165) is 30.0 Å². The lowest BCUT2D eigenvalue weighted by atomic mass is 9.87. The number of rotatable bonds is 9. The number of esters is 1. The van der Waals surface area contributed by atoms with Gasteiger partial charge in [-0.1, -0.05) is 30.3 Å². The maximum atomic E-state index is 13.1. The second-order valence-corrected chi connectivity index (χ2v) is 9.07. The first-order valence-electron chi connectivity index (χ1n) is 12.0. The molecule has 0 bridgehead atoms. The van der Waals surface area contributed by atoms with Gasteiger partial charge in [0.1, 0.15) is 23.2 Å². The van der Waals surface area contributed by atoms with Gasteiger partial charge in [0.2, 0.25) is 0 Å². The van der Waals surface area contributed by atoms with E-state index in [2.05, 4.69) is 17.4 Å².